The minimum atomic E-state index is 0.511. The predicted octanol–water partition coefficient (Wildman–Crippen LogP) is 5.36. The zero-order valence-electron chi connectivity index (χ0n) is 14.1. The molecule has 0 aliphatic heterocycles. The zero-order valence-corrected chi connectivity index (χ0v) is 14.1. The van der Waals surface area contributed by atoms with Crippen molar-refractivity contribution in [3.05, 3.63) is 89.7 Å². The second kappa shape index (κ2) is 6.81. The molecule has 0 spiro atoms. The van der Waals surface area contributed by atoms with Crippen molar-refractivity contribution >= 4 is 11.0 Å². The van der Waals surface area contributed by atoms with E-state index in [0.29, 0.717) is 6.54 Å². The molecule has 4 aromatic rings. The molecule has 3 nitrogen and oxygen atoms in total. The SMILES string of the molecule is CCc1ccc2oc(-c3ccccc3)cc(=NCc3ccco3)c2c1. The molecular weight excluding hydrogens is 310 g/mol. The Morgan fingerprint density at radius 1 is 0.920 bits per heavy atom. The maximum atomic E-state index is 6.14. The second-order valence-corrected chi connectivity index (χ2v) is 5.94. The molecule has 0 saturated heterocycles. The Labute approximate surface area is 146 Å². The molecule has 0 atom stereocenters. The molecule has 2 aromatic heterocycles. The average Bonchev–Trinajstić information content (AvgIpc) is 3.20. The molecule has 0 saturated carbocycles. The fourth-order valence-corrected chi connectivity index (χ4v) is 2.88. The van der Waals surface area contributed by atoms with E-state index in [1.807, 2.05) is 54.6 Å². The van der Waals surface area contributed by atoms with Crippen LogP contribution in [0, 0.1) is 0 Å². The van der Waals surface area contributed by atoms with Crippen molar-refractivity contribution < 1.29 is 8.83 Å². The summed E-state index contributed by atoms with van der Waals surface area (Å²) in [6.45, 7) is 2.66. The van der Waals surface area contributed by atoms with Gasteiger partial charge in [-0.05, 0) is 36.2 Å². The summed E-state index contributed by atoms with van der Waals surface area (Å²) in [6, 6.07) is 22.2. The molecule has 0 amide bonds. The first-order valence-corrected chi connectivity index (χ1v) is 8.48. The zero-order chi connectivity index (χ0) is 17.1. The van der Waals surface area contributed by atoms with Gasteiger partial charge in [0.1, 0.15) is 17.1 Å². The molecule has 124 valence electrons. The van der Waals surface area contributed by atoms with Gasteiger partial charge in [0.15, 0.2) is 0 Å². The fourth-order valence-electron chi connectivity index (χ4n) is 2.88. The molecule has 3 heteroatoms. The molecule has 0 bridgehead atoms. The lowest BCUT2D eigenvalue weighted by molar-refractivity contribution is 0.511. The average molecular weight is 329 g/mol. The Bertz CT molecular complexity index is 1040. The van der Waals surface area contributed by atoms with Crippen LogP contribution in [0.5, 0.6) is 0 Å². The maximum absolute atomic E-state index is 6.14. The molecule has 25 heavy (non-hydrogen) atoms. The van der Waals surface area contributed by atoms with E-state index in [0.717, 1.165) is 39.8 Å². The van der Waals surface area contributed by atoms with Crippen molar-refractivity contribution in [1.29, 1.82) is 0 Å². The summed E-state index contributed by atoms with van der Waals surface area (Å²) in [6.07, 6.45) is 2.65. The van der Waals surface area contributed by atoms with E-state index in [1.54, 1.807) is 6.26 Å². The summed E-state index contributed by atoms with van der Waals surface area (Å²) < 4.78 is 11.6. The van der Waals surface area contributed by atoms with Crippen molar-refractivity contribution in [2.24, 2.45) is 4.99 Å². The van der Waals surface area contributed by atoms with Crippen molar-refractivity contribution in [2.75, 3.05) is 0 Å². The molecular formula is C22H19NO2. The fraction of sp³-hybridized carbons (Fsp3) is 0.136. The van der Waals surface area contributed by atoms with Crippen LogP contribution >= 0.6 is 0 Å². The first-order chi connectivity index (χ1) is 12.3. The van der Waals surface area contributed by atoms with Gasteiger partial charge >= 0.3 is 0 Å². The summed E-state index contributed by atoms with van der Waals surface area (Å²) >= 11 is 0. The standard InChI is InChI=1S/C22H19NO2/c1-2-16-10-11-21-19(13-16)20(23-15-18-9-6-12-24-18)14-22(25-21)17-7-4-3-5-8-17/h3-14H,2,15H2,1H3. The third kappa shape index (κ3) is 3.26. The molecule has 0 unspecified atom stereocenters. The Balaban J connectivity index is 1.91. The van der Waals surface area contributed by atoms with E-state index >= 15 is 0 Å². The minimum absolute atomic E-state index is 0.511. The van der Waals surface area contributed by atoms with Crippen molar-refractivity contribution in [3.8, 4) is 11.3 Å². The number of hydrogen-bond donors (Lipinski definition) is 0. The van der Waals surface area contributed by atoms with E-state index in [2.05, 4.69) is 19.1 Å². The second-order valence-electron chi connectivity index (χ2n) is 5.94. The highest BCUT2D eigenvalue weighted by molar-refractivity contribution is 5.79. The summed E-state index contributed by atoms with van der Waals surface area (Å²) in [7, 11) is 0. The van der Waals surface area contributed by atoms with Crippen LogP contribution in [0.1, 0.15) is 18.2 Å². The van der Waals surface area contributed by atoms with Crippen LogP contribution in [0.2, 0.25) is 0 Å². The molecule has 4 rings (SSSR count). The van der Waals surface area contributed by atoms with E-state index in [9.17, 15) is 0 Å². The molecule has 2 aromatic carbocycles. The number of fused-ring (bicyclic) bond motifs is 1. The predicted molar refractivity (Wildman–Crippen MR) is 99.0 cm³/mol. The van der Waals surface area contributed by atoms with Gasteiger partial charge in [0.25, 0.3) is 0 Å². The van der Waals surface area contributed by atoms with Crippen molar-refractivity contribution in [3.63, 3.8) is 0 Å². The molecule has 0 N–H and O–H groups in total. The number of aryl methyl sites for hydroxylation is 1. The Kier molecular flexibility index (Phi) is 4.21. The van der Waals surface area contributed by atoms with Gasteiger partial charge in [-0.15, -0.1) is 0 Å². The lowest BCUT2D eigenvalue weighted by atomic mass is 10.1. The normalized spacial score (nSPS) is 12.0. The Hall–Kier alpha value is -3.07. The van der Waals surface area contributed by atoms with Crippen molar-refractivity contribution in [1.82, 2.24) is 0 Å². The largest absolute Gasteiger partial charge is 0.467 e. The highest BCUT2D eigenvalue weighted by Gasteiger charge is 2.07. The summed E-state index contributed by atoms with van der Waals surface area (Å²) in [5, 5.41) is 1.96. The van der Waals surface area contributed by atoms with E-state index in [-0.39, 0.29) is 0 Å². The highest BCUT2D eigenvalue weighted by Crippen LogP contribution is 2.23. The van der Waals surface area contributed by atoms with E-state index in [4.69, 9.17) is 13.8 Å². The van der Waals surface area contributed by atoms with E-state index < -0.39 is 0 Å². The minimum Gasteiger partial charge on any atom is -0.467 e. The maximum Gasteiger partial charge on any atom is 0.136 e. The van der Waals surface area contributed by atoms with Crippen LogP contribution in [0.4, 0.5) is 0 Å². The van der Waals surface area contributed by atoms with Crippen LogP contribution in [-0.4, -0.2) is 0 Å². The summed E-state index contributed by atoms with van der Waals surface area (Å²) in [5.41, 5.74) is 3.15. The Morgan fingerprint density at radius 2 is 1.80 bits per heavy atom. The molecule has 0 radical (unpaired) electrons. The monoisotopic (exact) mass is 329 g/mol. The molecule has 2 heterocycles. The molecule has 0 aliphatic rings. The van der Waals surface area contributed by atoms with Gasteiger partial charge in [-0.2, -0.15) is 0 Å². The van der Waals surface area contributed by atoms with Gasteiger partial charge in [-0.1, -0.05) is 43.3 Å². The number of rotatable bonds is 4. The smallest absolute Gasteiger partial charge is 0.136 e. The van der Waals surface area contributed by atoms with Crippen molar-refractivity contribution in [2.45, 2.75) is 19.9 Å². The lowest BCUT2D eigenvalue weighted by Crippen LogP contribution is -2.05. The van der Waals surface area contributed by atoms with Gasteiger partial charge in [-0.25, -0.2) is 0 Å². The number of hydrogen-bond acceptors (Lipinski definition) is 3. The topological polar surface area (TPSA) is 38.6 Å². The van der Waals surface area contributed by atoms with Crippen LogP contribution in [0.15, 0.2) is 86.8 Å². The van der Waals surface area contributed by atoms with Crippen LogP contribution in [-0.2, 0) is 13.0 Å². The van der Waals surface area contributed by atoms with Crippen LogP contribution in [0.25, 0.3) is 22.3 Å². The van der Waals surface area contributed by atoms with Crippen LogP contribution in [0.3, 0.4) is 0 Å². The number of nitrogens with zero attached hydrogens (tertiary/aromatic N) is 1. The number of furan rings is 1. The quantitative estimate of drug-likeness (QED) is 0.506. The lowest BCUT2D eigenvalue weighted by Gasteiger charge is -2.06. The molecule has 0 fully saturated rings. The molecule has 0 aliphatic carbocycles. The third-order valence-electron chi connectivity index (χ3n) is 4.26. The third-order valence-corrected chi connectivity index (χ3v) is 4.26. The highest BCUT2D eigenvalue weighted by atomic mass is 16.3. The van der Waals surface area contributed by atoms with Crippen LogP contribution < -0.4 is 5.36 Å². The first kappa shape index (κ1) is 15.5. The summed E-state index contributed by atoms with van der Waals surface area (Å²) in [5.74, 6) is 1.66. The van der Waals surface area contributed by atoms with Gasteiger partial charge < -0.3 is 8.83 Å². The first-order valence-electron chi connectivity index (χ1n) is 8.48. The van der Waals surface area contributed by atoms with Gasteiger partial charge in [0, 0.05) is 17.0 Å². The summed E-state index contributed by atoms with van der Waals surface area (Å²) in [4.78, 5) is 4.78. The van der Waals surface area contributed by atoms with Gasteiger partial charge in [0.2, 0.25) is 0 Å². The van der Waals surface area contributed by atoms with E-state index in [1.165, 1.54) is 5.56 Å². The van der Waals surface area contributed by atoms with Gasteiger partial charge in [-0.3, -0.25) is 4.99 Å². The number of benzene rings is 2. The van der Waals surface area contributed by atoms with Gasteiger partial charge in [0.05, 0.1) is 18.2 Å². The Morgan fingerprint density at radius 3 is 2.56 bits per heavy atom.